The largest absolute Gasteiger partial charge is 0.444 e. The molecule has 1 fully saturated rings. The van der Waals surface area contributed by atoms with Crippen molar-refractivity contribution < 1.29 is 23.5 Å². The molecule has 2 heterocycles. The number of oxazole rings is 1. The smallest absolute Gasteiger partial charge is 0.419 e. The predicted molar refractivity (Wildman–Crippen MR) is 139 cm³/mol. The summed E-state index contributed by atoms with van der Waals surface area (Å²) in [6, 6.07) is 14.2. The molecule has 0 radical (unpaired) electrons. The number of hydrogen-bond acceptors (Lipinski definition) is 7. The first-order chi connectivity index (χ1) is 17.9. The van der Waals surface area contributed by atoms with Crippen LogP contribution < -0.4 is 11.1 Å². The number of likely N-dealkylation sites (tertiary alicyclic amines) is 1. The molecule has 0 saturated carbocycles. The van der Waals surface area contributed by atoms with E-state index in [-0.39, 0.29) is 25.9 Å². The van der Waals surface area contributed by atoms with E-state index >= 15 is 0 Å². The van der Waals surface area contributed by atoms with Gasteiger partial charge in [0.15, 0.2) is 5.58 Å². The van der Waals surface area contributed by atoms with E-state index in [1.807, 2.05) is 36.4 Å². The van der Waals surface area contributed by atoms with Gasteiger partial charge in [-0.25, -0.2) is 9.59 Å². The van der Waals surface area contributed by atoms with Crippen molar-refractivity contribution in [2.75, 3.05) is 13.1 Å². The summed E-state index contributed by atoms with van der Waals surface area (Å²) >= 11 is 0. The van der Waals surface area contributed by atoms with Crippen LogP contribution in [0.3, 0.4) is 0 Å². The van der Waals surface area contributed by atoms with Crippen molar-refractivity contribution in [2.45, 2.75) is 45.3 Å². The fraction of sp³-hybridized carbons (Fsp3) is 0.393. The number of aldehydes is 1. The van der Waals surface area contributed by atoms with Crippen molar-refractivity contribution in [3.8, 4) is 17.2 Å². The molecule has 1 aromatic heterocycles. The minimum atomic E-state index is -1.43. The van der Waals surface area contributed by atoms with Crippen LogP contribution in [0.25, 0.3) is 22.2 Å². The van der Waals surface area contributed by atoms with Gasteiger partial charge in [-0.3, -0.25) is 9.36 Å². The summed E-state index contributed by atoms with van der Waals surface area (Å²) in [5, 5.41) is 12.4. The van der Waals surface area contributed by atoms with Crippen LogP contribution in [0.5, 0.6) is 0 Å². The van der Waals surface area contributed by atoms with Gasteiger partial charge in [0.25, 0.3) is 0 Å². The standard InChI is InChI=1S/C28H30N4O6/c1-27(2,3)38-26(36)32-12-11-28(16-32,17-33)24(34)30-21(15-29)13-18-5-7-19(8-6-18)20-9-10-23-22(14-20)31(4)25(35)37-23/h5-10,14,17,21H,11-13,16H2,1-4H3,(H,30,34)/t21-,28+/m0/s1. The SMILES string of the molecule is Cn1c(=O)oc2ccc(-c3ccc(C[C@@H](C#N)NC(=O)[C@]4(C=O)CCN(C(=O)OC(C)(C)C)C4)cc3)cc21. The van der Waals surface area contributed by atoms with E-state index in [2.05, 4.69) is 11.4 Å². The van der Waals surface area contributed by atoms with Crippen LogP contribution in [0.4, 0.5) is 4.79 Å². The number of nitriles is 1. The third-order valence-corrected chi connectivity index (χ3v) is 6.61. The lowest BCUT2D eigenvalue weighted by molar-refractivity contribution is -0.135. The van der Waals surface area contributed by atoms with Crippen LogP contribution >= 0.6 is 0 Å². The number of aromatic nitrogens is 1. The lowest BCUT2D eigenvalue weighted by atomic mass is 9.87. The summed E-state index contributed by atoms with van der Waals surface area (Å²) in [5.74, 6) is -1.01. The van der Waals surface area contributed by atoms with Crippen molar-refractivity contribution in [2.24, 2.45) is 12.5 Å². The van der Waals surface area contributed by atoms with Crippen molar-refractivity contribution in [1.29, 1.82) is 5.26 Å². The highest BCUT2D eigenvalue weighted by Crippen LogP contribution is 2.30. The molecule has 198 valence electrons. The first-order valence-electron chi connectivity index (χ1n) is 12.3. The number of aryl methyl sites for hydroxylation is 1. The van der Waals surface area contributed by atoms with Gasteiger partial charge in [0.05, 0.1) is 11.6 Å². The van der Waals surface area contributed by atoms with E-state index in [1.54, 1.807) is 33.9 Å². The van der Waals surface area contributed by atoms with Gasteiger partial charge in [0.1, 0.15) is 23.3 Å². The lowest BCUT2D eigenvalue weighted by Gasteiger charge is -2.26. The molecule has 0 spiro atoms. The molecule has 10 heteroatoms. The molecule has 2 amide bonds. The van der Waals surface area contributed by atoms with E-state index < -0.39 is 34.8 Å². The third kappa shape index (κ3) is 5.47. The molecular weight excluding hydrogens is 488 g/mol. The molecule has 0 aliphatic carbocycles. The summed E-state index contributed by atoms with van der Waals surface area (Å²) in [7, 11) is 1.65. The molecule has 38 heavy (non-hydrogen) atoms. The van der Waals surface area contributed by atoms with Gasteiger partial charge < -0.3 is 24.2 Å². The molecule has 2 atom stereocenters. The van der Waals surface area contributed by atoms with Gasteiger partial charge in [0.2, 0.25) is 5.91 Å². The second-order valence-corrected chi connectivity index (χ2v) is 10.6. The predicted octanol–water partition coefficient (Wildman–Crippen LogP) is 3.18. The van der Waals surface area contributed by atoms with Gasteiger partial charge in [-0.15, -0.1) is 0 Å². The van der Waals surface area contributed by atoms with Gasteiger partial charge in [0, 0.05) is 26.6 Å². The number of rotatable bonds is 6. The maximum absolute atomic E-state index is 13.1. The zero-order valence-electron chi connectivity index (χ0n) is 21.8. The van der Waals surface area contributed by atoms with Crippen LogP contribution in [0.2, 0.25) is 0 Å². The highest BCUT2D eigenvalue weighted by Gasteiger charge is 2.47. The molecule has 1 aliphatic heterocycles. The number of nitrogens with zero attached hydrogens (tertiary/aromatic N) is 3. The second-order valence-electron chi connectivity index (χ2n) is 10.6. The average Bonchev–Trinajstić information content (AvgIpc) is 3.45. The van der Waals surface area contributed by atoms with Gasteiger partial charge in [-0.05, 0) is 56.0 Å². The van der Waals surface area contributed by atoms with Crippen molar-refractivity contribution in [3.63, 3.8) is 0 Å². The zero-order valence-corrected chi connectivity index (χ0v) is 21.8. The first-order valence-corrected chi connectivity index (χ1v) is 12.3. The van der Waals surface area contributed by atoms with E-state index in [0.29, 0.717) is 17.4 Å². The number of carbonyl (C=O) groups excluding carboxylic acids is 3. The van der Waals surface area contributed by atoms with E-state index in [9.17, 15) is 24.4 Å². The van der Waals surface area contributed by atoms with Crippen molar-refractivity contribution >= 4 is 29.4 Å². The number of hydrogen-bond donors (Lipinski definition) is 1. The molecule has 2 aromatic carbocycles. The normalized spacial score (nSPS) is 18.1. The highest BCUT2D eigenvalue weighted by molar-refractivity contribution is 5.98. The quantitative estimate of drug-likeness (QED) is 0.391. The average molecular weight is 519 g/mol. The Balaban J connectivity index is 1.42. The van der Waals surface area contributed by atoms with E-state index in [4.69, 9.17) is 9.15 Å². The van der Waals surface area contributed by atoms with Crippen LogP contribution in [0.15, 0.2) is 51.7 Å². The van der Waals surface area contributed by atoms with Crippen molar-refractivity contribution in [3.05, 3.63) is 58.6 Å². The molecule has 1 saturated heterocycles. The lowest BCUT2D eigenvalue weighted by Crippen LogP contribution is -2.49. The first kappa shape index (κ1) is 26.7. The molecule has 10 nitrogen and oxygen atoms in total. The molecule has 4 rings (SSSR count). The monoisotopic (exact) mass is 518 g/mol. The maximum Gasteiger partial charge on any atom is 0.419 e. The minimum absolute atomic E-state index is 0.101. The third-order valence-electron chi connectivity index (χ3n) is 6.61. The Hall–Kier alpha value is -4.39. The summed E-state index contributed by atoms with van der Waals surface area (Å²) in [5.41, 5.74) is 1.70. The Labute approximate surface area is 219 Å². The number of fused-ring (bicyclic) bond motifs is 1. The molecular formula is C28H30N4O6. The Morgan fingerprint density at radius 1 is 1.21 bits per heavy atom. The summed E-state index contributed by atoms with van der Waals surface area (Å²) in [4.78, 5) is 50.6. The minimum Gasteiger partial charge on any atom is -0.444 e. The topological polar surface area (TPSA) is 135 Å². The summed E-state index contributed by atoms with van der Waals surface area (Å²) < 4.78 is 12.0. The molecule has 1 N–H and O–H groups in total. The Morgan fingerprint density at radius 3 is 2.53 bits per heavy atom. The zero-order chi connectivity index (χ0) is 27.7. The molecule has 1 aliphatic rings. The van der Waals surface area contributed by atoms with Crippen LogP contribution in [0.1, 0.15) is 32.8 Å². The number of carbonyl (C=O) groups is 3. The fourth-order valence-corrected chi connectivity index (χ4v) is 4.46. The number of benzene rings is 2. The Kier molecular flexibility index (Phi) is 7.14. The molecule has 0 bridgehead atoms. The van der Waals surface area contributed by atoms with Gasteiger partial charge in [-0.1, -0.05) is 30.3 Å². The number of nitrogens with one attached hydrogen (secondary N) is 1. The van der Waals surface area contributed by atoms with Crippen LogP contribution in [0, 0.1) is 16.7 Å². The second kappa shape index (κ2) is 10.2. The Bertz CT molecular complexity index is 1470. The number of ether oxygens (including phenoxy) is 1. The number of amides is 2. The van der Waals surface area contributed by atoms with Crippen LogP contribution in [-0.4, -0.2) is 52.5 Å². The fourth-order valence-electron chi connectivity index (χ4n) is 4.46. The summed E-state index contributed by atoms with van der Waals surface area (Å²) in [6.45, 7) is 5.33. The van der Waals surface area contributed by atoms with Gasteiger partial charge >= 0.3 is 11.8 Å². The van der Waals surface area contributed by atoms with E-state index in [1.165, 1.54) is 9.47 Å². The molecule has 0 unspecified atom stereocenters. The molecule has 3 aromatic rings. The maximum atomic E-state index is 13.1. The van der Waals surface area contributed by atoms with E-state index in [0.717, 1.165) is 16.7 Å². The van der Waals surface area contributed by atoms with Gasteiger partial charge in [-0.2, -0.15) is 5.26 Å². The van der Waals surface area contributed by atoms with Crippen molar-refractivity contribution in [1.82, 2.24) is 14.8 Å². The van der Waals surface area contributed by atoms with Crippen LogP contribution in [-0.2, 0) is 27.8 Å². The summed E-state index contributed by atoms with van der Waals surface area (Å²) in [6.07, 6.45) is 0.367. The highest BCUT2D eigenvalue weighted by atomic mass is 16.6. The Morgan fingerprint density at radius 2 is 1.89 bits per heavy atom.